The molecule has 0 heterocycles. The van der Waals surface area contributed by atoms with Gasteiger partial charge in [-0.3, -0.25) is 9.56 Å². The molecule has 0 saturated heterocycles. The maximum Gasteiger partial charge on any atom is 0.141 e. The van der Waals surface area contributed by atoms with Crippen molar-refractivity contribution < 1.29 is 9.47 Å². The highest BCUT2D eigenvalue weighted by atomic mass is 33.1. The molecule has 0 aromatic heterocycles. The average molecular weight is 338 g/mol. The predicted octanol–water partition coefficient (Wildman–Crippen LogP) is 2.96. The van der Waals surface area contributed by atoms with E-state index in [4.69, 9.17) is 30.5 Å². The van der Waals surface area contributed by atoms with E-state index in [1.54, 1.807) is 50.6 Å². The third-order valence-electron chi connectivity index (χ3n) is 3.00. The summed E-state index contributed by atoms with van der Waals surface area (Å²) >= 11 is 0. The monoisotopic (exact) mass is 338 g/mol. The van der Waals surface area contributed by atoms with Gasteiger partial charge in [0.25, 0.3) is 0 Å². The molecule has 0 amide bonds. The number of nitrogens with one attached hydrogen (secondary N) is 2. The second kappa shape index (κ2) is 6.80. The Morgan fingerprint density at radius 1 is 0.773 bits per heavy atom. The number of rotatable bonds is 5. The lowest BCUT2D eigenvalue weighted by Gasteiger charge is -2.12. The van der Waals surface area contributed by atoms with Crippen LogP contribution in [0.3, 0.4) is 0 Å². The molecule has 0 aliphatic carbocycles. The van der Waals surface area contributed by atoms with Crippen LogP contribution in [-0.2, 0) is 19.4 Å². The van der Waals surface area contributed by atoms with Crippen molar-refractivity contribution in [2.45, 2.75) is 9.79 Å². The van der Waals surface area contributed by atoms with Crippen LogP contribution in [0, 0.1) is 9.56 Å². The molecule has 2 aromatic rings. The Hall–Kier alpha value is -2.06. The summed E-state index contributed by atoms with van der Waals surface area (Å²) in [6.45, 7) is 0. The zero-order valence-corrected chi connectivity index (χ0v) is 13.9. The summed E-state index contributed by atoms with van der Waals surface area (Å²) in [5.74, 6) is 1.14. The summed E-state index contributed by atoms with van der Waals surface area (Å²) in [6, 6.07) is 10.4. The Bertz CT molecular complexity index is 686. The molecule has 118 valence electrons. The first-order valence-corrected chi connectivity index (χ1v) is 9.23. The normalized spacial score (nSPS) is 13.4. The van der Waals surface area contributed by atoms with Crippen molar-refractivity contribution >= 4 is 30.8 Å². The van der Waals surface area contributed by atoms with Gasteiger partial charge in [0.2, 0.25) is 0 Å². The van der Waals surface area contributed by atoms with Gasteiger partial charge in [0.1, 0.15) is 11.5 Å². The van der Waals surface area contributed by atoms with Gasteiger partial charge in [0.05, 0.1) is 25.6 Å². The fraction of sp³-hybridized carbons (Fsp3) is 0.143. The molecule has 0 spiro atoms. The molecule has 2 aromatic carbocycles. The Kier molecular flexibility index (Phi) is 5.04. The number of hydrogen-bond donors (Lipinski definition) is 4. The van der Waals surface area contributed by atoms with Gasteiger partial charge in [0, 0.05) is 29.2 Å². The maximum absolute atomic E-state index is 8.33. The predicted molar refractivity (Wildman–Crippen MR) is 91.5 cm³/mol. The molecule has 2 atom stereocenters. The summed E-state index contributed by atoms with van der Waals surface area (Å²) in [6.07, 6.45) is 0. The van der Waals surface area contributed by atoms with E-state index >= 15 is 0 Å². The standard InChI is InChI=1S/C14H18N4O2S2/c1-19-13-5-3-9(7-11(13)15)21(17)22(18)10-4-6-14(20-2)12(16)8-10/h3-8,17-18H,15-16H2,1-2H3. The molecule has 2 unspecified atom stereocenters. The smallest absolute Gasteiger partial charge is 0.141 e. The molecule has 6 N–H and O–H groups in total. The van der Waals surface area contributed by atoms with Crippen LogP contribution < -0.4 is 20.9 Å². The van der Waals surface area contributed by atoms with Crippen molar-refractivity contribution in [3.63, 3.8) is 0 Å². The van der Waals surface area contributed by atoms with E-state index in [9.17, 15) is 0 Å². The largest absolute Gasteiger partial charge is 0.495 e. The van der Waals surface area contributed by atoms with Crippen molar-refractivity contribution in [3.8, 4) is 11.5 Å². The molecular formula is C14H18N4O2S2. The number of benzene rings is 2. The van der Waals surface area contributed by atoms with Crippen LogP contribution in [0.25, 0.3) is 0 Å². The van der Waals surface area contributed by atoms with Gasteiger partial charge in [-0.1, -0.05) is 0 Å². The van der Waals surface area contributed by atoms with Gasteiger partial charge in [0.15, 0.2) is 0 Å². The Morgan fingerprint density at radius 3 is 1.41 bits per heavy atom. The molecule has 0 bridgehead atoms. The zero-order valence-electron chi connectivity index (χ0n) is 12.3. The first kappa shape index (κ1) is 16.3. The highest BCUT2D eigenvalue weighted by Crippen LogP contribution is 2.29. The molecule has 8 heteroatoms. The lowest BCUT2D eigenvalue weighted by molar-refractivity contribution is 0.416. The van der Waals surface area contributed by atoms with Crippen LogP contribution in [0.1, 0.15) is 0 Å². The highest BCUT2D eigenvalue weighted by molar-refractivity contribution is 8.61. The minimum atomic E-state index is -1.05. The number of methoxy groups -OCH3 is 2. The summed E-state index contributed by atoms with van der Waals surface area (Å²) in [7, 11) is 0.977. The molecule has 0 aliphatic rings. The first-order valence-electron chi connectivity index (χ1n) is 6.26. The number of anilines is 2. The summed E-state index contributed by atoms with van der Waals surface area (Å²) in [5.41, 5.74) is 12.7. The van der Waals surface area contributed by atoms with E-state index in [0.717, 1.165) is 0 Å². The van der Waals surface area contributed by atoms with E-state index in [0.29, 0.717) is 32.7 Å². The Balaban J connectivity index is 2.31. The third kappa shape index (κ3) is 3.23. The second-order valence-electron chi connectivity index (χ2n) is 4.34. The Morgan fingerprint density at radius 2 is 1.14 bits per heavy atom. The first-order chi connectivity index (χ1) is 10.5. The topological polar surface area (TPSA) is 118 Å². The van der Waals surface area contributed by atoms with Gasteiger partial charge in [-0.2, -0.15) is 0 Å². The highest BCUT2D eigenvalue weighted by Gasteiger charge is 2.11. The van der Waals surface area contributed by atoms with Crippen LogP contribution in [0.5, 0.6) is 11.5 Å². The van der Waals surface area contributed by atoms with Gasteiger partial charge in [-0.15, -0.1) is 0 Å². The lowest BCUT2D eigenvalue weighted by atomic mass is 10.3. The molecular weight excluding hydrogens is 320 g/mol. The Labute approximate surface area is 133 Å². The fourth-order valence-corrected chi connectivity index (χ4v) is 4.86. The second-order valence-corrected chi connectivity index (χ2v) is 8.36. The fourth-order valence-electron chi connectivity index (χ4n) is 1.85. The molecule has 0 fully saturated rings. The molecule has 0 radical (unpaired) electrons. The quantitative estimate of drug-likeness (QED) is 0.495. The van der Waals surface area contributed by atoms with Gasteiger partial charge >= 0.3 is 0 Å². The minimum absolute atomic E-state index is 0.469. The van der Waals surface area contributed by atoms with E-state index in [2.05, 4.69) is 0 Å². The van der Waals surface area contributed by atoms with Gasteiger partial charge in [-0.05, 0) is 36.4 Å². The van der Waals surface area contributed by atoms with Crippen molar-refractivity contribution in [2.75, 3.05) is 25.7 Å². The molecule has 2 rings (SSSR count). The van der Waals surface area contributed by atoms with Gasteiger partial charge < -0.3 is 20.9 Å². The van der Waals surface area contributed by atoms with E-state index in [-0.39, 0.29) is 0 Å². The summed E-state index contributed by atoms with van der Waals surface area (Å²) < 4.78 is 26.9. The molecule has 6 nitrogen and oxygen atoms in total. The van der Waals surface area contributed by atoms with Crippen molar-refractivity contribution in [1.82, 2.24) is 0 Å². The molecule has 0 saturated carbocycles. The van der Waals surface area contributed by atoms with Crippen LogP contribution in [-0.4, -0.2) is 14.2 Å². The summed E-state index contributed by atoms with van der Waals surface area (Å²) in [4.78, 5) is 1.40. The molecule has 22 heavy (non-hydrogen) atoms. The van der Waals surface area contributed by atoms with Crippen LogP contribution in [0.4, 0.5) is 11.4 Å². The number of ether oxygens (including phenoxy) is 2. The zero-order chi connectivity index (χ0) is 16.3. The number of nitrogen functional groups attached to an aromatic ring is 2. The van der Waals surface area contributed by atoms with Gasteiger partial charge in [-0.25, -0.2) is 0 Å². The van der Waals surface area contributed by atoms with Crippen molar-refractivity contribution in [3.05, 3.63) is 36.4 Å². The number of hydrogen-bond acceptors (Lipinski definition) is 6. The van der Waals surface area contributed by atoms with E-state index < -0.39 is 19.4 Å². The third-order valence-corrected chi connectivity index (χ3v) is 6.85. The minimum Gasteiger partial charge on any atom is -0.495 e. The van der Waals surface area contributed by atoms with E-state index in [1.165, 1.54) is 0 Å². The number of nitrogens with two attached hydrogens (primary N) is 2. The average Bonchev–Trinajstić information content (AvgIpc) is 2.53. The maximum atomic E-state index is 8.33. The van der Waals surface area contributed by atoms with Crippen molar-refractivity contribution in [1.29, 1.82) is 9.56 Å². The van der Waals surface area contributed by atoms with Crippen LogP contribution in [0.2, 0.25) is 0 Å². The molecule has 0 aliphatic heterocycles. The lowest BCUT2D eigenvalue weighted by Crippen LogP contribution is -2.02. The summed E-state index contributed by atoms with van der Waals surface area (Å²) in [5, 5.41) is 0. The van der Waals surface area contributed by atoms with Crippen molar-refractivity contribution in [2.24, 2.45) is 0 Å². The van der Waals surface area contributed by atoms with E-state index in [1.807, 2.05) is 0 Å². The van der Waals surface area contributed by atoms with Crippen LogP contribution in [0.15, 0.2) is 46.2 Å². The SMILES string of the molecule is COc1ccc(S(=N)S(=N)c2ccc(OC)c(N)c2)cc1N. The van der Waals surface area contributed by atoms with Crippen LogP contribution >= 0.6 is 0 Å².